The van der Waals surface area contributed by atoms with Crippen LogP contribution in [-0.2, 0) is 27.1 Å². The molecule has 5 nitrogen and oxygen atoms in total. The van der Waals surface area contributed by atoms with Crippen molar-refractivity contribution in [3.8, 4) is 0 Å². The van der Waals surface area contributed by atoms with Crippen molar-refractivity contribution in [2.24, 2.45) is 0 Å². The van der Waals surface area contributed by atoms with Crippen LogP contribution < -0.4 is 5.32 Å². The van der Waals surface area contributed by atoms with Crippen LogP contribution in [0, 0.1) is 0 Å². The number of hydrogen-bond donors (Lipinski definition) is 1. The second kappa shape index (κ2) is 8.48. The van der Waals surface area contributed by atoms with E-state index in [9.17, 15) is 8.42 Å². The van der Waals surface area contributed by atoms with Gasteiger partial charge in [0, 0.05) is 26.2 Å². The van der Waals surface area contributed by atoms with E-state index in [1.54, 1.807) is 7.11 Å². The predicted octanol–water partition coefficient (Wildman–Crippen LogP) is 1.59. The number of nitrogens with one attached hydrogen (secondary N) is 1. The fraction of sp³-hybridized carbons (Fsp3) is 0.600. The van der Waals surface area contributed by atoms with Gasteiger partial charge in [0.05, 0.1) is 12.4 Å². The molecule has 21 heavy (non-hydrogen) atoms. The SMILES string of the molecule is CNCc1ccc(CS(=O)(=O)N(CCOC)C(C)C)cc1. The summed E-state index contributed by atoms with van der Waals surface area (Å²) in [6.45, 7) is 5.32. The summed E-state index contributed by atoms with van der Waals surface area (Å²) in [7, 11) is 0.124. The maximum atomic E-state index is 12.5. The molecule has 0 atom stereocenters. The highest BCUT2D eigenvalue weighted by atomic mass is 32.2. The molecular weight excluding hydrogens is 288 g/mol. The largest absolute Gasteiger partial charge is 0.383 e. The van der Waals surface area contributed by atoms with Gasteiger partial charge in [0.25, 0.3) is 0 Å². The normalized spacial score (nSPS) is 12.3. The number of hydrogen-bond acceptors (Lipinski definition) is 4. The first kappa shape index (κ1) is 18.1. The fourth-order valence-electron chi connectivity index (χ4n) is 2.15. The van der Waals surface area contributed by atoms with E-state index >= 15 is 0 Å². The van der Waals surface area contributed by atoms with Crippen molar-refractivity contribution in [2.45, 2.75) is 32.2 Å². The van der Waals surface area contributed by atoms with Gasteiger partial charge < -0.3 is 10.1 Å². The molecule has 0 unspecified atom stereocenters. The van der Waals surface area contributed by atoms with Gasteiger partial charge in [-0.25, -0.2) is 8.42 Å². The lowest BCUT2D eigenvalue weighted by Crippen LogP contribution is -2.39. The minimum absolute atomic E-state index is 0.0225. The summed E-state index contributed by atoms with van der Waals surface area (Å²) in [6.07, 6.45) is 0. The molecule has 0 saturated heterocycles. The molecule has 0 heterocycles. The summed E-state index contributed by atoms with van der Waals surface area (Å²) in [6, 6.07) is 7.58. The van der Waals surface area contributed by atoms with Crippen LogP contribution in [0.3, 0.4) is 0 Å². The third-order valence-corrected chi connectivity index (χ3v) is 5.22. The highest BCUT2D eigenvalue weighted by molar-refractivity contribution is 7.88. The molecule has 1 aromatic rings. The Labute approximate surface area is 128 Å². The standard InChI is InChI=1S/C15H26N2O3S/c1-13(2)17(9-10-20-4)21(18,19)12-15-7-5-14(6-8-15)11-16-3/h5-8,13,16H,9-12H2,1-4H3. The van der Waals surface area contributed by atoms with E-state index in [1.165, 1.54) is 4.31 Å². The zero-order valence-electron chi connectivity index (χ0n) is 13.3. The van der Waals surface area contributed by atoms with Crippen LogP contribution in [0.5, 0.6) is 0 Å². The van der Waals surface area contributed by atoms with E-state index in [1.807, 2.05) is 45.2 Å². The van der Waals surface area contributed by atoms with E-state index < -0.39 is 10.0 Å². The monoisotopic (exact) mass is 314 g/mol. The molecule has 1 aromatic carbocycles. The van der Waals surface area contributed by atoms with Gasteiger partial charge in [-0.3, -0.25) is 0 Å². The zero-order chi connectivity index (χ0) is 15.9. The van der Waals surface area contributed by atoms with Crippen molar-refractivity contribution < 1.29 is 13.2 Å². The smallest absolute Gasteiger partial charge is 0.218 e. The molecule has 6 heteroatoms. The van der Waals surface area contributed by atoms with Crippen molar-refractivity contribution in [3.05, 3.63) is 35.4 Å². The molecule has 0 aliphatic heterocycles. The number of rotatable bonds is 9. The first-order chi connectivity index (χ1) is 9.90. The van der Waals surface area contributed by atoms with Gasteiger partial charge in [-0.05, 0) is 32.0 Å². The van der Waals surface area contributed by atoms with Gasteiger partial charge in [-0.15, -0.1) is 0 Å². The average molecular weight is 314 g/mol. The summed E-state index contributed by atoms with van der Waals surface area (Å²) < 4.78 is 31.5. The number of methoxy groups -OCH3 is 1. The fourth-order valence-corrected chi connectivity index (χ4v) is 3.93. The number of sulfonamides is 1. The highest BCUT2D eigenvalue weighted by Crippen LogP contribution is 2.14. The molecule has 0 bridgehead atoms. The Morgan fingerprint density at radius 2 is 1.76 bits per heavy atom. The molecule has 120 valence electrons. The molecule has 0 amide bonds. The van der Waals surface area contributed by atoms with Gasteiger partial charge in [0.2, 0.25) is 10.0 Å². The van der Waals surface area contributed by atoms with Crippen LogP contribution in [0.1, 0.15) is 25.0 Å². The summed E-state index contributed by atoms with van der Waals surface area (Å²) in [5, 5.41) is 3.07. The number of benzene rings is 1. The Bertz CT molecular complexity index is 512. The van der Waals surface area contributed by atoms with Gasteiger partial charge in [-0.1, -0.05) is 24.3 Å². The third-order valence-electron chi connectivity index (χ3n) is 3.20. The number of ether oxygens (including phenoxy) is 1. The van der Waals surface area contributed by atoms with E-state index in [4.69, 9.17) is 4.74 Å². The average Bonchev–Trinajstić information content (AvgIpc) is 2.40. The van der Waals surface area contributed by atoms with Crippen LogP contribution in [0.15, 0.2) is 24.3 Å². The van der Waals surface area contributed by atoms with Crippen molar-refractivity contribution in [1.29, 1.82) is 0 Å². The Balaban J connectivity index is 2.81. The van der Waals surface area contributed by atoms with Gasteiger partial charge in [0.15, 0.2) is 0 Å². The Morgan fingerprint density at radius 1 is 1.19 bits per heavy atom. The van der Waals surface area contributed by atoms with E-state index in [0.29, 0.717) is 13.2 Å². The zero-order valence-corrected chi connectivity index (χ0v) is 14.1. The molecule has 0 spiro atoms. The second-order valence-electron chi connectivity index (χ2n) is 5.30. The summed E-state index contributed by atoms with van der Waals surface area (Å²) >= 11 is 0. The van der Waals surface area contributed by atoms with Crippen LogP contribution >= 0.6 is 0 Å². The predicted molar refractivity (Wildman–Crippen MR) is 85.5 cm³/mol. The lowest BCUT2D eigenvalue weighted by atomic mass is 10.1. The lowest BCUT2D eigenvalue weighted by molar-refractivity contribution is 0.171. The van der Waals surface area contributed by atoms with Crippen molar-refractivity contribution >= 4 is 10.0 Å². The topological polar surface area (TPSA) is 58.6 Å². The Morgan fingerprint density at radius 3 is 2.24 bits per heavy atom. The van der Waals surface area contributed by atoms with Crippen molar-refractivity contribution in [1.82, 2.24) is 9.62 Å². The molecule has 1 rings (SSSR count). The molecule has 0 aliphatic rings. The van der Waals surface area contributed by atoms with Crippen LogP contribution in [0.4, 0.5) is 0 Å². The van der Waals surface area contributed by atoms with Gasteiger partial charge in [0.1, 0.15) is 0 Å². The molecule has 0 aromatic heterocycles. The van der Waals surface area contributed by atoms with Crippen LogP contribution in [0.2, 0.25) is 0 Å². The first-order valence-corrected chi connectivity index (χ1v) is 8.72. The Hall–Kier alpha value is -0.950. The van der Waals surface area contributed by atoms with E-state index in [-0.39, 0.29) is 11.8 Å². The van der Waals surface area contributed by atoms with E-state index in [0.717, 1.165) is 17.7 Å². The molecule has 0 fully saturated rings. The van der Waals surface area contributed by atoms with Crippen LogP contribution in [0.25, 0.3) is 0 Å². The third kappa shape index (κ3) is 5.74. The molecule has 0 aliphatic carbocycles. The second-order valence-corrected chi connectivity index (χ2v) is 7.22. The van der Waals surface area contributed by atoms with Crippen molar-refractivity contribution in [3.63, 3.8) is 0 Å². The minimum Gasteiger partial charge on any atom is -0.383 e. The lowest BCUT2D eigenvalue weighted by Gasteiger charge is -2.25. The van der Waals surface area contributed by atoms with E-state index in [2.05, 4.69) is 5.32 Å². The summed E-state index contributed by atoms with van der Waals surface area (Å²) in [5.41, 5.74) is 1.94. The Kier molecular flexibility index (Phi) is 7.31. The molecule has 1 N–H and O–H groups in total. The summed E-state index contributed by atoms with van der Waals surface area (Å²) in [5.74, 6) is 0.0225. The maximum absolute atomic E-state index is 12.5. The quantitative estimate of drug-likeness (QED) is 0.752. The minimum atomic E-state index is -3.33. The highest BCUT2D eigenvalue weighted by Gasteiger charge is 2.24. The molecular formula is C15H26N2O3S. The van der Waals surface area contributed by atoms with Gasteiger partial charge in [-0.2, -0.15) is 4.31 Å². The maximum Gasteiger partial charge on any atom is 0.218 e. The number of nitrogens with zero attached hydrogens (tertiary/aromatic N) is 1. The first-order valence-electron chi connectivity index (χ1n) is 7.11. The molecule has 0 saturated carbocycles. The van der Waals surface area contributed by atoms with Gasteiger partial charge >= 0.3 is 0 Å². The van der Waals surface area contributed by atoms with Crippen molar-refractivity contribution in [2.75, 3.05) is 27.3 Å². The molecule has 0 radical (unpaired) electrons. The van der Waals surface area contributed by atoms with Crippen LogP contribution in [-0.4, -0.2) is 46.1 Å². The summed E-state index contributed by atoms with van der Waals surface area (Å²) in [4.78, 5) is 0.